The van der Waals surface area contributed by atoms with E-state index in [-0.39, 0.29) is 6.61 Å². The molecule has 1 fully saturated rings. The minimum Gasteiger partial charge on any atom is -0.394 e. The zero-order valence-corrected chi connectivity index (χ0v) is 23.5. The molecule has 1 saturated heterocycles. The summed E-state index contributed by atoms with van der Waals surface area (Å²) in [5.74, 6) is 0. The fraction of sp³-hybridized carbons (Fsp3) is 0.294. The van der Waals surface area contributed by atoms with E-state index in [0.717, 1.165) is 21.6 Å². The molecule has 0 bridgehead atoms. The molecule has 0 aromatic heterocycles. The van der Waals surface area contributed by atoms with Crippen molar-refractivity contribution >= 4 is 11.8 Å². The van der Waals surface area contributed by atoms with Crippen molar-refractivity contribution in [1.82, 2.24) is 0 Å². The van der Waals surface area contributed by atoms with Crippen LogP contribution in [0.1, 0.15) is 22.3 Å². The van der Waals surface area contributed by atoms with Gasteiger partial charge in [-0.2, -0.15) is 0 Å². The highest BCUT2D eigenvalue weighted by Crippen LogP contribution is 2.38. The zero-order chi connectivity index (χ0) is 27.6. The average molecular weight is 557 g/mol. The fourth-order valence-corrected chi connectivity index (χ4v) is 5.87. The highest BCUT2D eigenvalue weighted by Gasteiger charge is 2.48. The van der Waals surface area contributed by atoms with Crippen molar-refractivity contribution < 1.29 is 24.1 Å². The third-order valence-electron chi connectivity index (χ3n) is 6.90. The van der Waals surface area contributed by atoms with Gasteiger partial charge in [-0.05, 0) is 35.7 Å². The Hall–Kier alpha value is -2.97. The Bertz CT molecular complexity index is 1270. The highest BCUT2D eigenvalue weighted by molar-refractivity contribution is 7.99. The molecule has 4 aromatic carbocycles. The molecule has 1 aliphatic rings. The van der Waals surface area contributed by atoms with Gasteiger partial charge in [0.05, 0.1) is 26.4 Å². The Balaban J connectivity index is 1.44. The van der Waals surface area contributed by atoms with Crippen molar-refractivity contribution in [2.75, 3.05) is 6.61 Å². The van der Waals surface area contributed by atoms with E-state index in [2.05, 4.69) is 31.2 Å². The lowest BCUT2D eigenvalue weighted by atomic mass is 9.99. The summed E-state index contributed by atoms with van der Waals surface area (Å²) in [5, 5.41) is 10.5. The number of aryl methyl sites for hydroxylation is 1. The molecule has 0 amide bonds. The molecule has 0 saturated carbocycles. The van der Waals surface area contributed by atoms with Crippen LogP contribution < -0.4 is 0 Å². The maximum absolute atomic E-state index is 10.5. The van der Waals surface area contributed by atoms with E-state index in [4.69, 9.17) is 18.9 Å². The van der Waals surface area contributed by atoms with Crippen LogP contribution in [0.2, 0.25) is 0 Å². The van der Waals surface area contributed by atoms with Gasteiger partial charge in [0.1, 0.15) is 29.9 Å². The summed E-state index contributed by atoms with van der Waals surface area (Å²) in [4.78, 5) is 1.06. The Morgan fingerprint density at radius 1 is 0.600 bits per heavy atom. The van der Waals surface area contributed by atoms with Crippen LogP contribution in [0.5, 0.6) is 0 Å². The molecule has 2 unspecified atom stereocenters. The Labute approximate surface area is 241 Å². The number of thioether (sulfide) groups is 1. The van der Waals surface area contributed by atoms with Crippen LogP contribution in [0, 0.1) is 6.92 Å². The van der Waals surface area contributed by atoms with Crippen LogP contribution in [0.3, 0.4) is 0 Å². The molecule has 5 nitrogen and oxygen atoms in total. The predicted molar refractivity (Wildman–Crippen MR) is 158 cm³/mol. The number of aliphatic hydroxyl groups excluding tert-OH is 1. The van der Waals surface area contributed by atoms with Gasteiger partial charge in [0.25, 0.3) is 0 Å². The molecule has 4 aromatic rings. The van der Waals surface area contributed by atoms with Gasteiger partial charge < -0.3 is 24.1 Å². The van der Waals surface area contributed by atoms with Crippen LogP contribution in [0.15, 0.2) is 120 Å². The first-order valence-corrected chi connectivity index (χ1v) is 14.5. The van der Waals surface area contributed by atoms with Crippen molar-refractivity contribution in [3.63, 3.8) is 0 Å². The molecule has 0 radical (unpaired) electrons. The topological polar surface area (TPSA) is 57.2 Å². The summed E-state index contributed by atoms with van der Waals surface area (Å²) < 4.78 is 26.3. The lowest BCUT2D eigenvalue weighted by Crippen LogP contribution is -2.60. The molecule has 1 N–H and O–H groups in total. The fourth-order valence-electron chi connectivity index (χ4n) is 4.74. The van der Waals surface area contributed by atoms with Gasteiger partial charge in [0, 0.05) is 4.90 Å². The van der Waals surface area contributed by atoms with E-state index in [9.17, 15) is 5.11 Å². The van der Waals surface area contributed by atoms with Gasteiger partial charge in [-0.25, -0.2) is 0 Å². The maximum atomic E-state index is 10.5. The first-order valence-electron chi connectivity index (χ1n) is 13.7. The summed E-state index contributed by atoms with van der Waals surface area (Å²) in [6, 6.07) is 38.5. The highest BCUT2D eigenvalue weighted by atomic mass is 32.2. The van der Waals surface area contributed by atoms with Gasteiger partial charge in [0.15, 0.2) is 0 Å². The summed E-state index contributed by atoms with van der Waals surface area (Å²) in [7, 11) is 0. The van der Waals surface area contributed by atoms with E-state index < -0.39 is 29.9 Å². The number of benzene rings is 4. The zero-order valence-electron chi connectivity index (χ0n) is 22.7. The van der Waals surface area contributed by atoms with Crippen LogP contribution in [0.25, 0.3) is 0 Å². The molecule has 0 aliphatic carbocycles. The molecule has 5 atom stereocenters. The van der Waals surface area contributed by atoms with E-state index in [1.165, 1.54) is 5.56 Å². The quantitative estimate of drug-likeness (QED) is 0.213. The van der Waals surface area contributed by atoms with Crippen molar-refractivity contribution in [3.8, 4) is 0 Å². The monoisotopic (exact) mass is 556 g/mol. The summed E-state index contributed by atoms with van der Waals surface area (Å²) in [6.07, 6.45) is -2.06. The van der Waals surface area contributed by atoms with Gasteiger partial charge >= 0.3 is 0 Å². The first-order chi connectivity index (χ1) is 19.7. The van der Waals surface area contributed by atoms with E-state index in [1.807, 2.05) is 91.0 Å². The van der Waals surface area contributed by atoms with E-state index >= 15 is 0 Å². The number of aliphatic hydroxyl groups is 1. The third kappa shape index (κ3) is 7.82. The summed E-state index contributed by atoms with van der Waals surface area (Å²) in [6.45, 7) is 3.04. The molecule has 208 valence electrons. The van der Waals surface area contributed by atoms with Crippen LogP contribution >= 0.6 is 11.8 Å². The lowest BCUT2D eigenvalue weighted by molar-refractivity contribution is -0.251. The number of hydrogen-bond acceptors (Lipinski definition) is 6. The SMILES string of the molecule is Cc1ccc(S[C@@H]2OC(CO)[C@H](OCc3ccccc3)[C@H](OCc3ccccc3)C2OCc2ccccc2)cc1. The Morgan fingerprint density at radius 3 is 1.52 bits per heavy atom. The molecule has 40 heavy (non-hydrogen) atoms. The van der Waals surface area contributed by atoms with Crippen molar-refractivity contribution in [3.05, 3.63) is 138 Å². The predicted octanol–water partition coefficient (Wildman–Crippen LogP) is 6.56. The molecule has 1 heterocycles. The van der Waals surface area contributed by atoms with Gasteiger partial charge in [-0.1, -0.05) is 120 Å². The van der Waals surface area contributed by atoms with Crippen molar-refractivity contribution in [1.29, 1.82) is 0 Å². The maximum Gasteiger partial charge on any atom is 0.137 e. The normalized spacial score (nSPS) is 22.7. The lowest BCUT2D eigenvalue weighted by Gasteiger charge is -2.45. The van der Waals surface area contributed by atoms with Gasteiger partial charge in [0.2, 0.25) is 0 Å². The largest absolute Gasteiger partial charge is 0.394 e. The molecule has 6 heteroatoms. The standard InChI is InChI=1S/C34H36O5S/c1-25-17-19-29(20-18-25)40-34-33(38-24-28-15-9-4-10-16-28)32(37-23-27-13-7-3-8-14-27)31(30(21-35)39-34)36-22-26-11-5-2-6-12-26/h2-20,30-35H,21-24H2,1H3/t30?,31-,32-,33?,34-/m0/s1. The minimum absolute atomic E-state index is 0.193. The Morgan fingerprint density at radius 2 is 1.05 bits per heavy atom. The molecule has 1 aliphatic heterocycles. The number of ether oxygens (including phenoxy) is 4. The number of hydrogen-bond donors (Lipinski definition) is 1. The second kappa shape index (κ2) is 14.6. The summed E-state index contributed by atoms with van der Waals surface area (Å²) >= 11 is 1.58. The number of rotatable bonds is 12. The van der Waals surface area contributed by atoms with Crippen molar-refractivity contribution in [2.24, 2.45) is 0 Å². The minimum atomic E-state index is -0.580. The average Bonchev–Trinajstić information content (AvgIpc) is 3.01. The van der Waals surface area contributed by atoms with Crippen LogP contribution in [-0.4, -0.2) is 41.6 Å². The second-order valence-corrected chi connectivity index (χ2v) is 11.1. The molecular formula is C34H36O5S. The first kappa shape index (κ1) is 28.6. The molecule has 5 rings (SSSR count). The smallest absolute Gasteiger partial charge is 0.137 e. The van der Waals surface area contributed by atoms with Gasteiger partial charge in [-0.15, -0.1) is 0 Å². The molecular weight excluding hydrogens is 520 g/mol. The Kier molecular flexibility index (Phi) is 10.4. The van der Waals surface area contributed by atoms with Crippen LogP contribution in [0.4, 0.5) is 0 Å². The third-order valence-corrected chi connectivity index (χ3v) is 8.06. The van der Waals surface area contributed by atoms with E-state index in [1.54, 1.807) is 11.8 Å². The molecule has 0 spiro atoms. The van der Waals surface area contributed by atoms with E-state index in [0.29, 0.717) is 19.8 Å². The summed E-state index contributed by atoms with van der Waals surface area (Å²) in [5.41, 5.74) is 3.94. The van der Waals surface area contributed by atoms with Crippen molar-refractivity contribution in [2.45, 2.75) is 61.5 Å². The van der Waals surface area contributed by atoms with Gasteiger partial charge in [-0.3, -0.25) is 0 Å². The van der Waals surface area contributed by atoms with Crippen LogP contribution in [-0.2, 0) is 38.8 Å². The second-order valence-electron chi connectivity index (χ2n) is 9.94.